The normalized spacial score (nSPS) is 25.3. The van der Waals surface area contributed by atoms with Crippen LogP contribution in [0, 0.1) is 0 Å². The van der Waals surface area contributed by atoms with Crippen molar-refractivity contribution in [1.82, 2.24) is 15.1 Å². The van der Waals surface area contributed by atoms with Crippen LogP contribution in [0.15, 0.2) is 15.9 Å². The molecule has 2 aliphatic rings. The van der Waals surface area contributed by atoms with E-state index in [1.54, 1.807) is 11.3 Å². The van der Waals surface area contributed by atoms with Crippen LogP contribution in [-0.4, -0.2) is 54.6 Å². The van der Waals surface area contributed by atoms with Crippen molar-refractivity contribution in [3.05, 3.63) is 20.8 Å². The minimum absolute atomic E-state index is 0.0767. The quantitative estimate of drug-likeness (QED) is 0.866. The topological polar surface area (TPSA) is 61.6 Å². The van der Waals surface area contributed by atoms with Gasteiger partial charge in [-0.15, -0.1) is 11.3 Å². The zero-order valence-electron chi connectivity index (χ0n) is 10.5. The van der Waals surface area contributed by atoms with E-state index >= 15 is 0 Å². The molecule has 7 heteroatoms. The second-order valence-corrected chi connectivity index (χ2v) is 7.42. The van der Waals surface area contributed by atoms with Crippen molar-refractivity contribution in [3.8, 4) is 0 Å². The molecule has 104 valence electrons. The Morgan fingerprint density at radius 2 is 2.37 bits per heavy atom. The summed E-state index contributed by atoms with van der Waals surface area (Å²) in [5.41, 5.74) is 5.96. The lowest BCUT2D eigenvalue weighted by atomic mass is 10.1. The molecule has 3 heterocycles. The molecule has 0 aliphatic carbocycles. The van der Waals surface area contributed by atoms with Gasteiger partial charge < -0.3 is 16.0 Å². The van der Waals surface area contributed by atoms with E-state index in [9.17, 15) is 4.79 Å². The molecule has 0 spiro atoms. The number of amides is 2. The molecule has 2 aliphatic heterocycles. The molecule has 2 amide bonds. The predicted octanol–water partition coefficient (Wildman–Crippen LogP) is 1.22. The van der Waals surface area contributed by atoms with Crippen LogP contribution in [-0.2, 0) is 0 Å². The van der Waals surface area contributed by atoms with Gasteiger partial charge in [-0.1, -0.05) is 0 Å². The molecule has 0 bridgehead atoms. The van der Waals surface area contributed by atoms with E-state index in [1.165, 1.54) is 4.88 Å². The molecule has 3 rings (SSSR count). The van der Waals surface area contributed by atoms with E-state index in [-0.39, 0.29) is 12.1 Å². The van der Waals surface area contributed by atoms with E-state index in [1.807, 2.05) is 4.90 Å². The van der Waals surface area contributed by atoms with Gasteiger partial charge >= 0.3 is 6.03 Å². The van der Waals surface area contributed by atoms with E-state index in [4.69, 9.17) is 5.73 Å². The number of hydrogen-bond donors (Lipinski definition) is 2. The van der Waals surface area contributed by atoms with Crippen LogP contribution < -0.4 is 11.1 Å². The Morgan fingerprint density at radius 1 is 1.53 bits per heavy atom. The zero-order chi connectivity index (χ0) is 13.4. The molecule has 0 saturated carbocycles. The minimum Gasteiger partial charge on any atom is -0.336 e. The van der Waals surface area contributed by atoms with Crippen LogP contribution in [0.1, 0.15) is 10.9 Å². The number of fused-ring (bicyclic) bond motifs is 1. The van der Waals surface area contributed by atoms with Crippen LogP contribution in [0.2, 0.25) is 0 Å². The summed E-state index contributed by atoms with van der Waals surface area (Å²) in [7, 11) is 0. The van der Waals surface area contributed by atoms with Crippen molar-refractivity contribution in [2.45, 2.75) is 12.1 Å². The smallest absolute Gasteiger partial charge is 0.317 e. The highest BCUT2D eigenvalue weighted by Crippen LogP contribution is 2.31. The number of hydrogen-bond acceptors (Lipinski definition) is 4. The fourth-order valence-corrected chi connectivity index (χ4v) is 4.44. The number of carbonyl (C=O) groups is 1. The highest BCUT2D eigenvalue weighted by atomic mass is 79.9. The average molecular weight is 345 g/mol. The molecule has 0 aromatic carbocycles. The van der Waals surface area contributed by atoms with Crippen LogP contribution >= 0.6 is 27.3 Å². The van der Waals surface area contributed by atoms with Gasteiger partial charge in [0.15, 0.2) is 0 Å². The maximum Gasteiger partial charge on any atom is 0.317 e. The molecular weight excluding hydrogens is 328 g/mol. The highest BCUT2D eigenvalue weighted by Gasteiger charge is 2.37. The number of piperazine rings is 1. The summed E-state index contributed by atoms with van der Waals surface area (Å²) in [5.74, 6) is 0. The van der Waals surface area contributed by atoms with Gasteiger partial charge in [0.1, 0.15) is 0 Å². The number of nitrogens with one attached hydrogen (secondary N) is 1. The summed E-state index contributed by atoms with van der Waals surface area (Å²) in [6.45, 7) is 3.94. The number of carbonyl (C=O) groups excluding carboxylic acids is 1. The monoisotopic (exact) mass is 344 g/mol. The van der Waals surface area contributed by atoms with Crippen molar-refractivity contribution in [2.75, 3.05) is 32.7 Å². The first-order chi connectivity index (χ1) is 9.19. The summed E-state index contributed by atoms with van der Waals surface area (Å²) < 4.78 is 1.14. The number of rotatable bonds is 3. The van der Waals surface area contributed by atoms with Crippen molar-refractivity contribution in [2.24, 2.45) is 5.73 Å². The molecule has 1 aromatic rings. The number of nitrogens with two attached hydrogens (primary N) is 1. The van der Waals surface area contributed by atoms with Crippen LogP contribution in [0.5, 0.6) is 0 Å². The first-order valence-electron chi connectivity index (χ1n) is 6.43. The second-order valence-electron chi connectivity index (χ2n) is 4.92. The molecule has 2 unspecified atom stereocenters. The van der Waals surface area contributed by atoms with Gasteiger partial charge in [-0.3, -0.25) is 4.90 Å². The number of nitrogens with zero attached hydrogens (tertiary/aromatic N) is 2. The molecule has 19 heavy (non-hydrogen) atoms. The summed E-state index contributed by atoms with van der Waals surface area (Å²) in [6.07, 6.45) is 0. The Kier molecular flexibility index (Phi) is 3.79. The molecule has 3 N–H and O–H groups in total. The molecule has 2 saturated heterocycles. The number of halogens is 1. The molecular formula is C12H17BrN4OS. The fraction of sp³-hybridized carbons (Fsp3) is 0.583. The van der Waals surface area contributed by atoms with Crippen LogP contribution in [0.3, 0.4) is 0 Å². The third-order valence-electron chi connectivity index (χ3n) is 3.85. The third kappa shape index (κ3) is 2.52. The molecule has 0 radical (unpaired) electrons. The molecule has 2 atom stereocenters. The summed E-state index contributed by atoms with van der Waals surface area (Å²) in [5, 5.41) is 2.91. The number of thiophene rings is 1. The Labute approximate surface area is 124 Å². The van der Waals surface area contributed by atoms with E-state index in [0.717, 1.165) is 30.0 Å². The zero-order valence-corrected chi connectivity index (χ0v) is 12.9. The third-order valence-corrected chi connectivity index (χ3v) is 5.58. The first kappa shape index (κ1) is 13.4. The van der Waals surface area contributed by atoms with Crippen molar-refractivity contribution >= 4 is 33.3 Å². The maximum absolute atomic E-state index is 11.6. The van der Waals surface area contributed by atoms with Gasteiger partial charge in [0.2, 0.25) is 0 Å². The van der Waals surface area contributed by atoms with Crippen molar-refractivity contribution in [1.29, 1.82) is 0 Å². The Morgan fingerprint density at radius 3 is 3.05 bits per heavy atom. The van der Waals surface area contributed by atoms with E-state index in [2.05, 4.69) is 38.3 Å². The van der Waals surface area contributed by atoms with Crippen molar-refractivity contribution in [3.63, 3.8) is 0 Å². The molecule has 2 fully saturated rings. The Balaban J connectivity index is 1.73. The van der Waals surface area contributed by atoms with Gasteiger partial charge in [0, 0.05) is 37.6 Å². The lowest BCUT2D eigenvalue weighted by Crippen LogP contribution is -2.53. The molecule has 1 aromatic heterocycles. The van der Waals surface area contributed by atoms with Crippen LogP contribution in [0.25, 0.3) is 0 Å². The second kappa shape index (κ2) is 5.40. The highest BCUT2D eigenvalue weighted by molar-refractivity contribution is 9.11. The summed E-state index contributed by atoms with van der Waals surface area (Å²) >= 11 is 5.24. The lowest BCUT2D eigenvalue weighted by molar-refractivity contribution is 0.0916. The standard InChI is InChI=1S/C12H17BrN4OS/c13-11-2-1-10(19-11)9(5-14)16-3-4-17-8(7-16)6-15-12(17)18/h1-2,8-9H,3-7,14H2,(H,15,18). The Bertz CT molecular complexity index is 480. The summed E-state index contributed by atoms with van der Waals surface area (Å²) in [4.78, 5) is 17.2. The first-order valence-corrected chi connectivity index (χ1v) is 8.04. The van der Waals surface area contributed by atoms with E-state index in [0.29, 0.717) is 12.6 Å². The van der Waals surface area contributed by atoms with Gasteiger partial charge in [0.05, 0.1) is 15.9 Å². The van der Waals surface area contributed by atoms with E-state index < -0.39 is 0 Å². The lowest BCUT2D eigenvalue weighted by Gasteiger charge is -2.40. The minimum atomic E-state index is 0.0767. The maximum atomic E-state index is 11.6. The average Bonchev–Trinajstić information content (AvgIpc) is 2.98. The van der Waals surface area contributed by atoms with Crippen molar-refractivity contribution < 1.29 is 4.79 Å². The Hall–Kier alpha value is -0.630. The molecule has 5 nitrogen and oxygen atoms in total. The predicted molar refractivity (Wildman–Crippen MR) is 79.3 cm³/mol. The van der Waals surface area contributed by atoms with Gasteiger partial charge in [-0.25, -0.2) is 4.79 Å². The number of urea groups is 1. The van der Waals surface area contributed by atoms with Gasteiger partial charge in [-0.2, -0.15) is 0 Å². The largest absolute Gasteiger partial charge is 0.336 e. The van der Waals surface area contributed by atoms with Crippen LogP contribution in [0.4, 0.5) is 4.79 Å². The van der Waals surface area contributed by atoms with Gasteiger partial charge in [0.25, 0.3) is 0 Å². The fourth-order valence-electron chi connectivity index (χ4n) is 2.86. The summed E-state index contributed by atoms with van der Waals surface area (Å²) in [6, 6.07) is 4.83. The van der Waals surface area contributed by atoms with Gasteiger partial charge in [-0.05, 0) is 28.1 Å². The SMILES string of the molecule is NCC(c1ccc(Br)s1)N1CCN2C(=O)NCC2C1.